The van der Waals surface area contributed by atoms with E-state index in [-0.39, 0.29) is 12.0 Å². The minimum Gasteiger partial charge on any atom is -0.492 e. The third-order valence-electron chi connectivity index (χ3n) is 4.46. The predicted molar refractivity (Wildman–Crippen MR) is 106 cm³/mol. The highest BCUT2D eigenvalue weighted by atomic mass is 32.1. The summed E-state index contributed by atoms with van der Waals surface area (Å²) < 4.78 is 17.3. The van der Waals surface area contributed by atoms with Crippen LogP contribution in [0.2, 0.25) is 0 Å². The maximum Gasteiger partial charge on any atom is 0.267 e. The van der Waals surface area contributed by atoms with E-state index in [9.17, 15) is 4.79 Å². The monoisotopic (exact) mass is 399 g/mol. The summed E-state index contributed by atoms with van der Waals surface area (Å²) in [5.74, 6) is 1.14. The van der Waals surface area contributed by atoms with Gasteiger partial charge in [-0.3, -0.25) is 4.79 Å². The molecule has 3 heterocycles. The topological polar surface area (TPSA) is 73.8 Å². The quantitative estimate of drug-likeness (QED) is 0.634. The van der Waals surface area contributed by atoms with E-state index in [4.69, 9.17) is 14.2 Å². The molecule has 0 saturated carbocycles. The van der Waals surface area contributed by atoms with Crippen molar-refractivity contribution in [1.29, 1.82) is 0 Å². The van der Waals surface area contributed by atoms with Crippen LogP contribution in [0.1, 0.15) is 16.6 Å². The number of fused-ring (bicyclic) bond motifs is 1. The summed E-state index contributed by atoms with van der Waals surface area (Å²) in [7, 11) is 0. The summed E-state index contributed by atoms with van der Waals surface area (Å²) in [6.07, 6.45) is 1.27. The third kappa shape index (κ3) is 3.93. The predicted octanol–water partition coefficient (Wildman–Crippen LogP) is 3.01. The molecule has 8 heteroatoms. The second kappa shape index (κ2) is 8.53. The van der Waals surface area contributed by atoms with Crippen molar-refractivity contribution in [2.24, 2.45) is 0 Å². The van der Waals surface area contributed by atoms with Gasteiger partial charge in [-0.25, -0.2) is 9.97 Å². The van der Waals surface area contributed by atoms with Gasteiger partial charge in [0.15, 0.2) is 0 Å². The molecule has 0 aliphatic carbocycles. The lowest BCUT2D eigenvalue weighted by molar-refractivity contribution is -0.0404. The lowest BCUT2D eigenvalue weighted by Crippen LogP contribution is -2.47. The number of morpholine rings is 1. The number of carbonyl (C=O) groups is 1. The number of ether oxygens (including phenoxy) is 3. The summed E-state index contributed by atoms with van der Waals surface area (Å²) in [4.78, 5) is 23.8. The Morgan fingerprint density at radius 2 is 2.18 bits per heavy atom. The molecule has 2 aromatic heterocycles. The Morgan fingerprint density at radius 1 is 1.29 bits per heavy atom. The van der Waals surface area contributed by atoms with Gasteiger partial charge in [0, 0.05) is 6.54 Å². The fourth-order valence-electron chi connectivity index (χ4n) is 3.14. The van der Waals surface area contributed by atoms with Gasteiger partial charge >= 0.3 is 0 Å². The average Bonchev–Trinajstić information content (AvgIpc) is 3.20. The molecular formula is C20H21N3O4S. The van der Waals surface area contributed by atoms with Gasteiger partial charge < -0.3 is 19.1 Å². The molecule has 4 rings (SSSR count). The summed E-state index contributed by atoms with van der Waals surface area (Å²) in [6, 6.07) is 9.52. The zero-order valence-corrected chi connectivity index (χ0v) is 16.4. The van der Waals surface area contributed by atoms with Gasteiger partial charge in [-0.05, 0) is 30.5 Å². The number of thiophene rings is 1. The molecule has 1 aliphatic rings. The summed E-state index contributed by atoms with van der Waals surface area (Å²) in [5, 5.41) is 2.73. The number of aromatic nitrogens is 2. The highest BCUT2D eigenvalue weighted by Gasteiger charge is 2.28. The van der Waals surface area contributed by atoms with Crippen LogP contribution in [-0.2, 0) is 4.74 Å². The van der Waals surface area contributed by atoms with Crippen molar-refractivity contribution in [3.8, 4) is 11.6 Å². The van der Waals surface area contributed by atoms with E-state index >= 15 is 0 Å². The van der Waals surface area contributed by atoms with E-state index in [2.05, 4.69) is 9.97 Å². The van der Waals surface area contributed by atoms with Gasteiger partial charge in [0.1, 0.15) is 29.7 Å². The van der Waals surface area contributed by atoms with Crippen LogP contribution < -0.4 is 9.47 Å². The zero-order valence-electron chi connectivity index (χ0n) is 15.5. The molecule has 0 N–H and O–H groups in total. The normalized spacial score (nSPS) is 16.9. The Labute approximate surface area is 166 Å². The van der Waals surface area contributed by atoms with E-state index in [0.29, 0.717) is 49.4 Å². The van der Waals surface area contributed by atoms with E-state index < -0.39 is 0 Å². The SMILES string of the molecule is CCOc1ccsc1C(=O)N1CCOC(COc2ncnc3ccccc23)C1. The van der Waals surface area contributed by atoms with E-state index in [0.717, 1.165) is 10.9 Å². The van der Waals surface area contributed by atoms with Crippen molar-refractivity contribution >= 4 is 28.1 Å². The first kappa shape index (κ1) is 18.6. The molecule has 1 fully saturated rings. The van der Waals surface area contributed by atoms with E-state index in [1.54, 1.807) is 4.90 Å². The maximum absolute atomic E-state index is 12.9. The van der Waals surface area contributed by atoms with Gasteiger partial charge in [-0.1, -0.05) is 12.1 Å². The number of benzene rings is 1. The summed E-state index contributed by atoms with van der Waals surface area (Å²) in [5.41, 5.74) is 0.829. The Bertz CT molecular complexity index is 956. The first-order valence-electron chi connectivity index (χ1n) is 9.20. The van der Waals surface area contributed by atoms with Crippen molar-refractivity contribution in [3.05, 3.63) is 46.9 Å². The van der Waals surface area contributed by atoms with Gasteiger partial charge in [0.2, 0.25) is 5.88 Å². The van der Waals surface area contributed by atoms with E-state index in [1.165, 1.54) is 17.7 Å². The first-order valence-corrected chi connectivity index (χ1v) is 10.1. The Balaban J connectivity index is 1.41. The molecule has 1 amide bonds. The van der Waals surface area contributed by atoms with Gasteiger partial charge in [-0.15, -0.1) is 11.3 Å². The van der Waals surface area contributed by atoms with Crippen molar-refractivity contribution in [3.63, 3.8) is 0 Å². The number of hydrogen-bond donors (Lipinski definition) is 0. The molecule has 1 aliphatic heterocycles. The summed E-state index contributed by atoms with van der Waals surface area (Å²) in [6.45, 7) is 4.24. The number of rotatable bonds is 6. The molecule has 1 saturated heterocycles. The summed E-state index contributed by atoms with van der Waals surface area (Å²) >= 11 is 1.40. The lowest BCUT2D eigenvalue weighted by atomic mass is 10.2. The Morgan fingerprint density at radius 3 is 3.07 bits per heavy atom. The smallest absolute Gasteiger partial charge is 0.267 e. The zero-order chi connectivity index (χ0) is 19.3. The van der Waals surface area contributed by atoms with Crippen LogP contribution in [0.4, 0.5) is 0 Å². The first-order chi connectivity index (χ1) is 13.8. The van der Waals surface area contributed by atoms with Gasteiger partial charge in [0.25, 0.3) is 5.91 Å². The molecule has 1 unspecified atom stereocenters. The molecule has 28 heavy (non-hydrogen) atoms. The average molecular weight is 399 g/mol. The van der Waals surface area contributed by atoms with Crippen molar-refractivity contribution in [2.75, 3.05) is 32.9 Å². The fraction of sp³-hybridized carbons (Fsp3) is 0.350. The molecule has 1 atom stereocenters. The largest absolute Gasteiger partial charge is 0.492 e. The van der Waals surface area contributed by atoms with Crippen molar-refractivity contribution in [1.82, 2.24) is 14.9 Å². The Hall–Kier alpha value is -2.71. The molecule has 0 spiro atoms. The highest BCUT2D eigenvalue weighted by molar-refractivity contribution is 7.12. The maximum atomic E-state index is 12.9. The molecule has 0 bridgehead atoms. The van der Waals surface area contributed by atoms with Gasteiger partial charge in [0.05, 0.1) is 30.7 Å². The van der Waals surface area contributed by atoms with Crippen molar-refractivity contribution < 1.29 is 19.0 Å². The van der Waals surface area contributed by atoms with Crippen LogP contribution in [0, 0.1) is 0 Å². The highest BCUT2D eigenvalue weighted by Crippen LogP contribution is 2.27. The van der Waals surface area contributed by atoms with Crippen LogP contribution >= 0.6 is 11.3 Å². The van der Waals surface area contributed by atoms with Crippen LogP contribution in [0.25, 0.3) is 10.9 Å². The van der Waals surface area contributed by atoms with Crippen LogP contribution in [0.5, 0.6) is 11.6 Å². The minimum absolute atomic E-state index is 0.0285. The Kier molecular flexibility index (Phi) is 5.68. The van der Waals surface area contributed by atoms with Crippen molar-refractivity contribution in [2.45, 2.75) is 13.0 Å². The minimum atomic E-state index is -0.220. The molecular weight excluding hydrogens is 378 g/mol. The molecule has 0 radical (unpaired) electrons. The molecule has 1 aromatic carbocycles. The van der Waals surface area contributed by atoms with Crippen LogP contribution in [0.3, 0.4) is 0 Å². The molecule has 146 valence electrons. The van der Waals surface area contributed by atoms with Crippen LogP contribution in [0.15, 0.2) is 42.0 Å². The number of nitrogens with zero attached hydrogens (tertiary/aromatic N) is 3. The molecule has 7 nitrogen and oxygen atoms in total. The van der Waals surface area contributed by atoms with Gasteiger partial charge in [-0.2, -0.15) is 0 Å². The molecule has 3 aromatic rings. The number of carbonyl (C=O) groups excluding carboxylic acids is 1. The lowest BCUT2D eigenvalue weighted by Gasteiger charge is -2.32. The second-order valence-corrected chi connectivity index (χ2v) is 7.21. The number of hydrogen-bond acceptors (Lipinski definition) is 7. The second-order valence-electron chi connectivity index (χ2n) is 6.30. The standard InChI is InChI=1S/C20H21N3O4S/c1-2-25-17-7-10-28-18(17)20(24)23-8-9-26-14(11-23)12-27-19-15-5-3-4-6-16(15)21-13-22-19/h3-7,10,13-14H,2,8-9,11-12H2,1H3. The number of amides is 1. The third-order valence-corrected chi connectivity index (χ3v) is 5.35. The fourth-order valence-corrected chi connectivity index (χ4v) is 3.94. The van der Waals surface area contributed by atoms with E-state index in [1.807, 2.05) is 42.6 Å². The number of para-hydroxylation sites is 1. The van der Waals surface area contributed by atoms with Crippen LogP contribution in [-0.4, -0.2) is 59.8 Å².